The van der Waals surface area contributed by atoms with E-state index in [-0.39, 0.29) is 10.1 Å². The van der Waals surface area contributed by atoms with Gasteiger partial charge in [-0.2, -0.15) is 0 Å². The van der Waals surface area contributed by atoms with Gasteiger partial charge < -0.3 is 0 Å². The van der Waals surface area contributed by atoms with Crippen molar-refractivity contribution in [1.82, 2.24) is 0 Å². The molecule has 102 valence electrons. The van der Waals surface area contributed by atoms with Gasteiger partial charge in [0.05, 0.1) is 21.9 Å². The fourth-order valence-corrected chi connectivity index (χ4v) is 6.03. The molecule has 0 aliphatic heterocycles. The standard InChI is InChI=1S/C11H4Cl6O2/c12-7-8(13)10(15)6-4(19)2-1-3(18)5(6)9(7,14)11(10,16)17/h1-2,5-6H/t5-,6-,9-,10-/m0/s1. The van der Waals surface area contributed by atoms with E-state index in [1.165, 1.54) is 0 Å². The number of allylic oxidation sites excluding steroid dienone is 4. The van der Waals surface area contributed by atoms with E-state index >= 15 is 0 Å². The minimum Gasteiger partial charge on any atom is -0.294 e. The first-order chi connectivity index (χ1) is 8.61. The van der Waals surface area contributed by atoms with E-state index in [2.05, 4.69) is 0 Å². The number of ketones is 2. The summed E-state index contributed by atoms with van der Waals surface area (Å²) >= 11 is 37.6. The van der Waals surface area contributed by atoms with E-state index in [9.17, 15) is 9.59 Å². The maximum atomic E-state index is 12.1. The van der Waals surface area contributed by atoms with Crippen LogP contribution in [0.2, 0.25) is 0 Å². The molecule has 8 heteroatoms. The van der Waals surface area contributed by atoms with Crippen LogP contribution in [0.1, 0.15) is 0 Å². The quantitative estimate of drug-likeness (QED) is 0.599. The molecule has 1 fully saturated rings. The Kier molecular flexibility index (Phi) is 2.94. The lowest BCUT2D eigenvalue weighted by Gasteiger charge is -2.35. The van der Waals surface area contributed by atoms with Crippen LogP contribution in [0.25, 0.3) is 0 Å². The van der Waals surface area contributed by atoms with Gasteiger partial charge in [-0.1, -0.05) is 46.4 Å². The predicted octanol–water partition coefficient (Wildman–Crippen LogP) is 3.77. The van der Waals surface area contributed by atoms with Gasteiger partial charge in [0.2, 0.25) is 0 Å². The summed E-state index contributed by atoms with van der Waals surface area (Å²) in [5.41, 5.74) is 0. The Balaban J connectivity index is 2.38. The van der Waals surface area contributed by atoms with Crippen LogP contribution < -0.4 is 0 Å². The molecule has 0 aromatic carbocycles. The molecule has 0 radical (unpaired) electrons. The summed E-state index contributed by atoms with van der Waals surface area (Å²) in [5, 5.41) is -0.151. The lowest BCUT2D eigenvalue weighted by molar-refractivity contribution is -0.128. The normalized spacial score (nSPS) is 47.1. The Labute approximate surface area is 138 Å². The van der Waals surface area contributed by atoms with Crippen molar-refractivity contribution in [3.8, 4) is 0 Å². The molecule has 0 saturated heterocycles. The van der Waals surface area contributed by atoms with Crippen LogP contribution in [0.4, 0.5) is 0 Å². The zero-order chi connectivity index (χ0) is 14.4. The van der Waals surface area contributed by atoms with Crippen LogP contribution in [-0.4, -0.2) is 25.6 Å². The van der Waals surface area contributed by atoms with Gasteiger partial charge in [0.15, 0.2) is 15.9 Å². The molecule has 3 rings (SSSR count). The number of alkyl halides is 4. The van der Waals surface area contributed by atoms with Crippen LogP contribution in [0.3, 0.4) is 0 Å². The Morgan fingerprint density at radius 1 is 0.789 bits per heavy atom. The van der Waals surface area contributed by atoms with Crippen LogP contribution >= 0.6 is 69.6 Å². The molecule has 0 aromatic rings. The number of halogens is 6. The number of carbonyl (C=O) groups is 2. The zero-order valence-corrected chi connectivity index (χ0v) is 13.4. The second kappa shape index (κ2) is 3.85. The second-order valence-corrected chi connectivity index (χ2v) is 7.99. The molecule has 3 aliphatic carbocycles. The highest BCUT2D eigenvalue weighted by Crippen LogP contribution is 2.76. The monoisotopic (exact) mass is 378 g/mol. The summed E-state index contributed by atoms with van der Waals surface area (Å²) in [7, 11) is 0. The van der Waals surface area contributed by atoms with E-state index in [4.69, 9.17) is 69.6 Å². The molecule has 4 atom stereocenters. The fourth-order valence-electron chi connectivity index (χ4n) is 3.07. The lowest BCUT2D eigenvalue weighted by atomic mass is 9.74. The molecule has 0 N–H and O–H groups in total. The van der Waals surface area contributed by atoms with E-state index in [1.54, 1.807) is 0 Å². The molecular formula is C11H4Cl6O2. The third kappa shape index (κ3) is 1.26. The molecule has 0 amide bonds. The topological polar surface area (TPSA) is 34.1 Å². The minimum atomic E-state index is -1.86. The molecule has 1 saturated carbocycles. The summed E-state index contributed by atoms with van der Waals surface area (Å²) in [6.45, 7) is 0. The average Bonchev–Trinajstić information content (AvgIpc) is 2.55. The van der Waals surface area contributed by atoms with Crippen molar-refractivity contribution in [1.29, 1.82) is 0 Å². The summed E-state index contributed by atoms with van der Waals surface area (Å²) < 4.78 is -1.86. The maximum Gasteiger partial charge on any atom is 0.167 e. The van der Waals surface area contributed by atoms with Gasteiger partial charge in [0.25, 0.3) is 0 Å². The maximum absolute atomic E-state index is 12.1. The van der Waals surface area contributed by atoms with Gasteiger partial charge in [-0.25, -0.2) is 0 Å². The van der Waals surface area contributed by atoms with Crippen molar-refractivity contribution in [2.75, 3.05) is 0 Å². The number of hydrogen-bond acceptors (Lipinski definition) is 2. The van der Waals surface area contributed by atoms with Crippen LogP contribution in [-0.2, 0) is 9.59 Å². The highest BCUT2D eigenvalue weighted by atomic mass is 35.5. The van der Waals surface area contributed by atoms with Crippen molar-refractivity contribution < 1.29 is 9.59 Å². The molecular weight excluding hydrogens is 377 g/mol. The van der Waals surface area contributed by atoms with Crippen molar-refractivity contribution in [2.45, 2.75) is 14.1 Å². The molecule has 3 aliphatic rings. The van der Waals surface area contributed by atoms with E-state index in [0.717, 1.165) is 12.2 Å². The third-order valence-corrected chi connectivity index (χ3v) is 8.22. The smallest absolute Gasteiger partial charge is 0.167 e. The average molecular weight is 381 g/mol. The third-order valence-electron chi connectivity index (χ3n) is 3.96. The summed E-state index contributed by atoms with van der Waals surface area (Å²) in [6.07, 6.45) is 2.27. The van der Waals surface area contributed by atoms with Crippen LogP contribution in [0.5, 0.6) is 0 Å². The second-order valence-electron chi connectivity index (χ2n) is 4.72. The van der Waals surface area contributed by atoms with Gasteiger partial charge in [0.1, 0.15) is 9.75 Å². The van der Waals surface area contributed by atoms with Crippen molar-refractivity contribution in [3.05, 3.63) is 22.2 Å². The van der Waals surface area contributed by atoms with Gasteiger partial charge >= 0.3 is 0 Å². The molecule has 0 aromatic heterocycles. The first-order valence-corrected chi connectivity index (χ1v) is 7.46. The Morgan fingerprint density at radius 3 is 1.42 bits per heavy atom. The summed E-state index contributed by atoms with van der Waals surface area (Å²) in [6, 6.07) is 0. The minimum absolute atomic E-state index is 0.0754. The fraction of sp³-hybridized carbons (Fsp3) is 0.455. The van der Waals surface area contributed by atoms with Crippen molar-refractivity contribution in [3.63, 3.8) is 0 Å². The highest BCUT2D eigenvalue weighted by Gasteiger charge is 2.84. The molecule has 2 bridgehead atoms. The summed E-state index contributed by atoms with van der Waals surface area (Å²) in [4.78, 5) is 20.8. The summed E-state index contributed by atoms with van der Waals surface area (Å²) in [5.74, 6) is -2.83. The Morgan fingerprint density at radius 2 is 1.11 bits per heavy atom. The predicted molar refractivity (Wildman–Crippen MR) is 76.5 cm³/mol. The highest BCUT2D eigenvalue weighted by molar-refractivity contribution is 6.66. The van der Waals surface area contributed by atoms with Gasteiger partial charge in [-0.3, -0.25) is 9.59 Å². The molecule has 2 nitrogen and oxygen atoms in total. The lowest BCUT2D eigenvalue weighted by Crippen LogP contribution is -2.46. The van der Waals surface area contributed by atoms with Crippen molar-refractivity contribution >= 4 is 81.2 Å². The zero-order valence-electron chi connectivity index (χ0n) is 8.89. The van der Waals surface area contributed by atoms with E-state index < -0.39 is 37.5 Å². The number of carbonyl (C=O) groups excluding carboxylic acids is 2. The van der Waals surface area contributed by atoms with Crippen LogP contribution in [0, 0.1) is 11.8 Å². The molecule has 0 heterocycles. The van der Waals surface area contributed by atoms with Gasteiger partial charge in [0, 0.05) is 0 Å². The largest absolute Gasteiger partial charge is 0.294 e. The van der Waals surface area contributed by atoms with Gasteiger partial charge in [-0.05, 0) is 12.2 Å². The molecule has 19 heavy (non-hydrogen) atoms. The number of fused-ring (bicyclic) bond motifs is 5. The molecule has 0 spiro atoms. The Bertz CT molecular complexity index is 546. The van der Waals surface area contributed by atoms with Crippen LogP contribution in [0.15, 0.2) is 22.2 Å². The van der Waals surface area contributed by atoms with Crippen molar-refractivity contribution in [2.24, 2.45) is 11.8 Å². The number of hydrogen-bond donors (Lipinski definition) is 0. The van der Waals surface area contributed by atoms with E-state index in [1.807, 2.05) is 0 Å². The Hall–Kier alpha value is 0.560. The first-order valence-electron chi connectivity index (χ1n) is 5.19. The molecule has 0 unspecified atom stereocenters. The SMILES string of the molecule is O=C1C=CC(=O)[C@H]2[C@H]1[C@]1(Cl)C(Cl)=C(Cl)[C@]2(Cl)C1(Cl)Cl. The first kappa shape index (κ1) is 14.5. The number of rotatable bonds is 0. The van der Waals surface area contributed by atoms with Gasteiger partial charge in [-0.15, -0.1) is 23.2 Å². The van der Waals surface area contributed by atoms with E-state index in [0.29, 0.717) is 0 Å².